The Bertz CT molecular complexity index is 554. The fraction of sp³-hybridized carbons (Fsp3) is 0.364. The van der Waals surface area contributed by atoms with Gasteiger partial charge in [0.25, 0.3) is 5.78 Å². The number of hydrogen-bond acceptors (Lipinski definition) is 5. The second-order valence-electron chi connectivity index (χ2n) is 3.64. The Labute approximate surface area is 115 Å². The van der Waals surface area contributed by atoms with E-state index in [9.17, 15) is 0 Å². The van der Waals surface area contributed by atoms with E-state index in [-0.39, 0.29) is 0 Å². The van der Waals surface area contributed by atoms with Gasteiger partial charge in [-0.05, 0) is 6.92 Å². The summed E-state index contributed by atoms with van der Waals surface area (Å²) in [7, 11) is 0. The SMILES string of the molecule is C=CCSCCNc1c(C)c(Cl)nc2ncnn12. The van der Waals surface area contributed by atoms with Gasteiger partial charge >= 0.3 is 0 Å². The molecular weight excluding hydrogens is 270 g/mol. The molecule has 2 heterocycles. The first-order valence-corrected chi connectivity index (χ1v) is 7.05. The Morgan fingerprint density at radius 2 is 2.44 bits per heavy atom. The van der Waals surface area contributed by atoms with Crippen molar-refractivity contribution in [1.82, 2.24) is 19.6 Å². The van der Waals surface area contributed by atoms with Crippen LogP contribution in [0.1, 0.15) is 5.56 Å². The van der Waals surface area contributed by atoms with Crippen LogP contribution in [0.25, 0.3) is 5.78 Å². The van der Waals surface area contributed by atoms with Crippen LogP contribution in [0, 0.1) is 6.92 Å². The van der Waals surface area contributed by atoms with Gasteiger partial charge in [-0.1, -0.05) is 17.7 Å². The highest BCUT2D eigenvalue weighted by molar-refractivity contribution is 7.99. The first kappa shape index (κ1) is 13.2. The lowest BCUT2D eigenvalue weighted by atomic mass is 10.3. The average Bonchev–Trinajstić information content (AvgIpc) is 2.81. The van der Waals surface area contributed by atoms with Gasteiger partial charge in [0.15, 0.2) is 0 Å². The minimum atomic E-state index is 0.455. The van der Waals surface area contributed by atoms with Crippen molar-refractivity contribution in [3.05, 3.63) is 29.7 Å². The molecule has 0 saturated heterocycles. The van der Waals surface area contributed by atoms with E-state index in [0.29, 0.717) is 10.9 Å². The number of halogens is 1. The molecular formula is C11H14ClN5S. The number of nitrogens with one attached hydrogen (secondary N) is 1. The molecule has 0 aliphatic heterocycles. The molecule has 0 bridgehead atoms. The summed E-state index contributed by atoms with van der Waals surface area (Å²) < 4.78 is 1.67. The number of aromatic nitrogens is 4. The molecule has 18 heavy (non-hydrogen) atoms. The topological polar surface area (TPSA) is 55.1 Å². The Morgan fingerprint density at radius 1 is 1.61 bits per heavy atom. The van der Waals surface area contributed by atoms with E-state index < -0.39 is 0 Å². The first-order chi connectivity index (χ1) is 8.74. The summed E-state index contributed by atoms with van der Waals surface area (Å²) in [4.78, 5) is 8.19. The zero-order valence-corrected chi connectivity index (χ0v) is 11.6. The molecule has 7 heteroatoms. The van der Waals surface area contributed by atoms with Crippen molar-refractivity contribution < 1.29 is 0 Å². The molecule has 0 unspecified atom stereocenters. The van der Waals surface area contributed by atoms with Gasteiger partial charge in [-0.15, -0.1) is 6.58 Å². The molecule has 0 aromatic carbocycles. The predicted molar refractivity (Wildman–Crippen MR) is 76.5 cm³/mol. The second-order valence-corrected chi connectivity index (χ2v) is 5.15. The summed E-state index contributed by atoms with van der Waals surface area (Å²) in [5.74, 6) is 3.30. The standard InChI is InChI=1S/C11H14ClN5S/c1-3-5-18-6-4-13-10-8(2)9(12)16-11-14-7-15-17(10)11/h3,7,13H,1,4-6H2,2H3. The lowest BCUT2D eigenvalue weighted by molar-refractivity contribution is 0.922. The number of fused-ring (bicyclic) bond motifs is 1. The van der Waals surface area contributed by atoms with E-state index in [2.05, 4.69) is 27.0 Å². The molecule has 96 valence electrons. The minimum absolute atomic E-state index is 0.455. The van der Waals surface area contributed by atoms with Crippen LogP contribution in [0.5, 0.6) is 0 Å². The Hall–Kier alpha value is -1.27. The maximum atomic E-state index is 6.06. The van der Waals surface area contributed by atoms with Gasteiger partial charge in [-0.3, -0.25) is 0 Å². The first-order valence-electron chi connectivity index (χ1n) is 5.52. The van der Waals surface area contributed by atoms with Gasteiger partial charge in [0.2, 0.25) is 0 Å². The maximum Gasteiger partial charge on any atom is 0.255 e. The van der Waals surface area contributed by atoms with Gasteiger partial charge in [-0.25, -0.2) is 0 Å². The second kappa shape index (κ2) is 6.06. The predicted octanol–water partition coefficient (Wildman–Crippen LogP) is 2.42. The molecule has 0 amide bonds. The summed E-state index contributed by atoms with van der Waals surface area (Å²) in [6, 6.07) is 0. The van der Waals surface area contributed by atoms with Crippen molar-refractivity contribution in [3.63, 3.8) is 0 Å². The Morgan fingerprint density at radius 3 is 3.22 bits per heavy atom. The van der Waals surface area contributed by atoms with E-state index in [0.717, 1.165) is 29.4 Å². The summed E-state index contributed by atoms with van der Waals surface area (Å²) in [5.41, 5.74) is 0.878. The molecule has 1 N–H and O–H groups in total. The normalized spacial score (nSPS) is 10.8. The van der Waals surface area contributed by atoms with Gasteiger partial charge in [0.05, 0.1) is 0 Å². The monoisotopic (exact) mass is 283 g/mol. The molecule has 0 fully saturated rings. The zero-order chi connectivity index (χ0) is 13.0. The molecule has 0 saturated carbocycles. The average molecular weight is 284 g/mol. The fourth-order valence-corrected chi connectivity index (χ4v) is 2.26. The van der Waals surface area contributed by atoms with Crippen molar-refractivity contribution in [1.29, 1.82) is 0 Å². The smallest absolute Gasteiger partial charge is 0.255 e. The molecule has 2 aromatic heterocycles. The van der Waals surface area contributed by atoms with E-state index >= 15 is 0 Å². The van der Waals surface area contributed by atoms with Gasteiger partial charge in [-0.2, -0.15) is 31.3 Å². The third kappa shape index (κ3) is 2.76. The van der Waals surface area contributed by atoms with Crippen molar-refractivity contribution in [2.75, 3.05) is 23.4 Å². The van der Waals surface area contributed by atoms with E-state index in [1.54, 1.807) is 4.52 Å². The van der Waals surface area contributed by atoms with Crippen LogP contribution >= 0.6 is 23.4 Å². The van der Waals surface area contributed by atoms with Gasteiger partial charge in [0, 0.05) is 23.6 Å². The molecule has 0 spiro atoms. The molecule has 2 aromatic rings. The number of rotatable bonds is 6. The molecule has 0 aliphatic rings. The summed E-state index contributed by atoms with van der Waals surface area (Å²) >= 11 is 7.88. The van der Waals surface area contributed by atoms with E-state index in [4.69, 9.17) is 11.6 Å². The van der Waals surface area contributed by atoms with Crippen molar-refractivity contribution in [3.8, 4) is 0 Å². The zero-order valence-electron chi connectivity index (χ0n) is 10.1. The van der Waals surface area contributed by atoms with Crippen LogP contribution in [0.3, 0.4) is 0 Å². The lowest BCUT2D eigenvalue weighted by Crippen LogP contribution is -2.11. The summed E-state index contributed by atoms with van der Waals surface area (Å²) in [5, 5.41) is 7.91. The third-order valence-electron chi connectivity index (χ3n) is 2.38. The molecule has 5 nitrogen and oxygen atoms in total. The maximum absolute atomic E-state index is 6.06. The van der Waals surface area contributed by atoms with E-state index in [1.807, 2.05) is 24.8 Å². The summed E-state index contributed by atoms with van der Waals surface area (Å²) in [6.07, 6.45) is 3.37. The fourth-order valence-electron chi connectivity index (χ4n) is 1.51. The largest absolute Gasteiger partial charge is 0.369 e. The van der Waals surface area contributed by atoms with Gasteiger partial charge < -0.3 is 5.32 Å². The van der Waals surface area contributed by atoms with Crippen LogP contribution in [0.2, 0.25) is 5.15 Å². The lowest BCUT2D eigenvalue weighted by Gasteiger charge is -2.11. The van der Waals surface area contributed by atoms with Crippen LogP contribution in [-0.4, -0.2) is 37.6 Å². The molecule has 2 rings (SSSR count). The number of hydrogen-bond donors (Lipinski definition) is 1. The Balaban J connectivity index is 2.13. The molecule has 0 atom stereocenters. The highest BCUT2D eigenvalue weighted by atomic mass is 35.5. The van der Waals surface area contributed by atoms with Crippen molar-refractivity contribution in [2.45, 2.75) is 6.92 Å². The van der Waals surface area contributed by atoms with E-state index in [1.165, 1.54) is 6.33 Å². The van der Waals surface area contributed by atoms with Crippen molar-refractivity contribution >= 4 is 35.0 Å². The Kier molecular flexibility index (Phi) is 4.43. The highest BCUT2D eigenvalue weighted by Gasteiger charge is 2.11. The number of thioether (sulfide) groups is 1. The minimum Gasteiger partial charge on any atom is -0.369 e. The number of anilines is 1. The van der Waals surface area contributed by atoms with Crippen LogP contribution in [0.4, 0.5) is 5.82 Å². The van der Waals surface area contributed by atoms with Crippen LogP contribution in [0.15, 0.2) is 19.0 Å². The van der Waals surface area contributed by atoms with Crippen molar-refractivity contribution in [2.24, 2.45) is 0 Å². The highest BCUT2D eigenvalue weighted by Crippen LogP contribution is 2.21. The summed E-state index contributed by atoms with van der Waals surface area (Å²) in [6.45, 7) is 6.43. The molecule has 0 aliphatic carbocycles. The third-order valence-corrected chi connectivity index (χ3v) is 3.71. The van der Waals surface area contributed by atoms with Crippen LogP contribution < -0.4 is 5.32 Å². The molecule has 0 radical (unpaired) electrons. The van der Waals surface area contributed by atoms with Gasteiger partial charge in [0.1, 0.15) is 17.3 Å². The van der Waals surface area contributed by atoms with Crippen LogP contribution in [-0.2, 0) is 0 Å². The number of nitrogens with zero attached hydrogens (tertiary/aromatic N) is 4. The quantitative estimate of drug-likeness (QED) is 0.501.